The molecule has 11 nitrogen and oxygen atoms in total. The van der Waals surface area contributed by atoms with Crippen molar-refractivity contribution >= 4 is 45.9 Å². The zero-order valence-corrected chi connectivity index (χ0v) is 27.4. The van der Waals surface area contributed by atoms with Crippen molar-refractivity contribution in [2.45, 2.75) is 51.7 Å². The molecule has 13 heteroatoms. The van der Waals surface area contributed by atoms with Crippen molar-refractivity contribution in [2.24, 2.45) is 0 Å². The Morgan fingerprint density at radius 2 is 1.84 bits per heavy atom. The third kappa shape index (κ3) is 6.84. The first-order chi connectivity index (χ1) is 21.7. The Balaban J connectivity index is 1.35. The maximum absolute atomic E-state index is 13.2. The van der Waals surface area contributed by atoms with Crippen LogP contribution in [0.5, 0.6) is 11.5 Å². The maximum Gasteiger partial charge on any atom is 0.341 e. The van der Waals surface area contributed by atoms with E-state index in [1.54, 1.807) is 25.1 Å². The van der Waals surface area contributed by atoms with Gasteiger partial charge in [-0.1, -0.05) is 23.9 Å². The molecule has 0 saturated heterocycles. The first-order valence-corrected chi connectivity index (χ1v) is 16.3. The van der Waals surface area contributed by atoms with E-state index in [0.717, 1.165) is 46.5 Å². The molecule has 2 aromatic carbocycles. The predicted octanol–water partition coefficient (Wildman–Crippen LogP) is 5.29. The molecular formula is C32H35N5O6S2. The Labute approximate surface area is 269 Å². The molecule has 1 aliphatic rings. The summed E-state index contributed by atoms with van der Waals surface area (Å²) in [6, 6.07) is 10.8. The summed E-state index contributed by atoms with van der Waals surface area (Å²) in [4.78, 5) is 40.1. The van der Waals surface area contributed by atoms with Gasteiger partial charge in [0.2, 0.25) is 5.91 Å². The molecule has 0 aliphatic heterocycles. The van der Waals surface area contributed by atoms with Crippen LogP contribution in [-0.2, 0) is 28.9 Å². The first-order valence-electron chi connectivity index (χ1n) is 14.5. The van der Waals surface area contributed by atoms with Crippen LogP contribution in [0.15, 0.2) is 41.6 Å². The Kier molecular flexibility index (Phi) is 10.1. The van der Waals surface area contributed by atoms with E-state index >= 15 is 0 Å². The topological polar surface area (TPSA) is 134 Å². The number of thioether (sulfide) groups is 1. The minimum Gasteiger partial charge on any atom is -0.493 e. The number of hydrogen-bond donors (Lipinski definition) is 2. The Bertz CT molecular complexity index is 1750. The minimum absolute atomic E-state index is 0.0336. The van der Waals surface area contributed by atoms with Gasteiger partial charge in [-0.05, 0) is 81.0 Å². The number of aromatic nitrogens is 3. The van der Waals surface area contributed by atoms with E-state index in [0.29, 0.717) is 38.6 Å². The maximum atomic E-state index is 13.2. The molecule has 0 atom stereocenters. The van der Waals surface area contributed by atoms with Gasteiger partial charge < -0.3 is 24.8 Å². The second-order valence-corrected chi connectivity index (χ2v) is 12.4. The Morgan fingerprint density at radius 1 is 1.04 bits per heavy atom. The molecule has 0 unspecified atom stereocenters. The van der Waals surface area contributed by atoms with E-state index in [2.05, 4.69) is 20.8 Å². The molecule has 1 aliphatic carbocycles. The van der Waals surface area contributed by atoms with Crippen LogP contribution in [0.1, 0.15) is 61.5 Å². The molecule has 0 radical (unpaired) electrons. The lowest BCUT2D eigenvalue weighted by Gasteiger charge is -2.15. The normalized spacial score (nSPS) is 12.0. The van der Waals surface area contributed by atoms with Gasteiger partial charge in [0.25, 0.3) is 5.91 Å². The highest BCUT2D eigenvalue weighted by Gasteiger charge is 2.28. The number of anilines is 1. The summed E-state index contributed by atoms with van der Waals surface area (Å²) in [7, 11) is 3.04. The number of aryl methyl sites for hydroxylation is 2. The number of amides is 2. The molecule has 4 aromatic rings. The predicted molar refractivity (Wildman–Crippen MR) is 173 cm³/mol. The van der Waals surface area contributed by atoms with Gasteiger partial charge in [0.1, 0.15) is 5.00 Å². The van der Waals surface area contributed by atoms with Crippen molar-refractivity contribution in [3.63, 3.8) is 0 Å². The number of methoxy groups -OCH3 is 2. The highest BCUT2D eigenvalue weighted by Crippen LogP contribution is 2.39. The fraction of sp³-hybridized carbons (Fsp3) is 0.344. The number of benzene rings is 2. The monoisotopic (exact) mass is 649 g/mol. The average Bonchev–Trinajstić information content (AvgIpc) is 3.74. The Hall–Kier alpha value is -4.36. The number of thiophene rings is 1. The summed E-state index contributed by atoms with van der Waals surface area (Å²) in [5, 5.41) is 15.6. The van der Waals surface area contributed by atoms with Crippen molar-refractivity contribution in [1.29, 1.82) is 0 Å². The minimum atomic E-state index is -0.408. The van der Waals surface area contributed by atoms with E-state index in [1.807, 2.05) is 36.6 Å². The second-order valence-electron chi connectivity index (χ2n) is 10.3. The van der Waals surface area contributed by atoms with E-state index in [4.69, 9.17) is 14.2 Å². The van der Waals surface area contributed by atoms with Crippen LogP contribution in [0, 0.1) is 13.8 Å². The number of carbonyl (C=O) groups is 3. The SMILES string of the molecule is CCOC(=O)c1c(NC(=O)CSc2nnc(CNC(=O)c3ccc(OC)c(OC)c3)n2-c2cccc(C)c2C)sc2c1CCC2. The molecule has 0 spiro atoms. The van der Waals surface area contributed by atoms with Crippen molar-refractivity contribution in [3.8, 4) is 17.2 Å². The van der Waals surface area contributed by atoms with E-state index in [-0.39, 0.29) is 30.7 Å². The number of esters is 1. The fourth-order valence-electron chi connectivity index (χ4n) is 5.17. The largest absolute Gasteiger partial charge is 0.493 e. The highest BCUT2D eigenvalue weighted by atomic mass is 32.2. The second kappa shape index (κ2) is 14.2. The molecule has 45 heavy (non-hydrogen) atoms. The summed E-state index contributed by atoms with van der Waals surface area (Å²) in [6.45, 7) is 6.13. The van der Waals surface area contributed by atoms with E-state index < -0.39 is 5.97 Å². The molecule has 0 saturated carbocycles. The standard InChI is InChI=1S/C32H35N5O6S2/c1-6-43-31(40)28-21-10-8-12-25(21)45-30(28)34-27(38)17-44-32-36-35-26(37(32)22-11-7-9-18(2)19(22)3)16-33-29(39)20-13-14-23(41-4)24(15-20)42-5/h7,9,11,13-15H,6,8,10,12,16-17H2,1-5H3,(H,33,39)(H,34,38). The van der Waals surface area contributed by atoms with Crippen molar-refractivity contribution in [1.82, 2.24) is 20.1 Å². The van der Waals surface area contributed by atoms with Gasteiger partial charge in [0, 0.05) is 10.4 Å². The van der Waals surface area contributed by atoms with Gasteiger partial charge in [-0.25, -0.2) is 4.79 Å². The summed E-state index contributed by atoms with van der Waals surface area (Å²) < 4.78 is 17.8. The molecule has 2 N–H and O–H groups in total. The number of rotatable bonds is 12. The Morgan fingerprint density at radius 3 is 2.60 bits per heavy atom. The van der Waals surface area contributed by atoms with Crippen molar-refractivity contribution in [2.75, 3.05) is 31.9 Å². The molecule has 2 amide bonds. The van der Waals surface area contributed by atoms with Gasteiger partial charge in [-0.2, -0.15) is 0 Å². The van der Waals surface area contributed by atoms with Crippen LogP contribution in [0.3, 0.4) is 0 Å². The fourth-order valence-corrected chi connectivity index (χ4v) is 7.23. The van der Waals surface area contributed by atoms with Crippen LogP contribution < -0.4 is 20.1 Å². The van der Waals surface area contributed by atoms with Crippen LogP contribution in [-0.4, -0.2) is 59.1 Å². The molecule has 2 heterocycles. The van der Waals surface area contributed by atoms with Gasteiger partial charge >= 0.3 is 5.97 Å². The molecule has 0 fully saturated rings. The van der Waals surface area contributed by atoms with Crippen molar-refractivity contribution < 1.29 is 28.6 Å². The zero-order valence-electron chi connectivity index (χ0n) is 25.8. The lowest BCUT2D eigenvalue weighted by molar-refractivity contribution is -0.113. The number of nitrogens with one attached hydrogen (secondary N) is 2. The number of ether oxygens (including phenoxy) is 3. The lowest BCUT2D eigenvalue weighted by atomic mass is 10.1. The van der Waals surface area contributed by atoms with Crippen molar-refractivity contribution in [3.05, 3.63) is 74.9 Å². The average molecular weight is 650 g/mol. The van der Waals surface area contributed by atoms with E-state index in [1.165, 1.54) is 37.3 Å². The molecular weight excluding hydrogens is 615 g/mol. The van der Waals surface area contributed by atoms with Crippen LogP contribution in [0.4, 0.5) is 5.00 Å². The van der Waals surface area contributed by atoms with Gasteiger partial charge in [-0.15, -0.1) is 21.5 Å². The summed E-state index contributed by atoms with van der Waals surface area (Å²) in [5.74, 6) is 0.502. The number of hydrogen-bond acceptors (Lipinski definition) is 10. The third-order valence-electron chi connectivity index (χ3n) is 7.56. The molecule has 236 valence electrons. The number of nitrogens with zero attached hydrogens (tertiary/aromatic N) is 3. The quantitative estimate of drug-likeness (QED) is 0.155. The van der Waals surface area contributed by atoms with Gasteiger partial charge in [-0.3, -0.25) is 14.2 Å². The molecule has 2 aromatic heterocycles. The van der Waals surface area contributed by atoms with E-state index in [9.17, 15) is 14.4 Å². The molecule has 5 rings (SSSR count). The van der Waals surface area contributed by atoms with Crippen LogP contribution in [0.25, 0.3) is 5.69 Å². The summed E-state index contributed by atoms with van der Waals surface area (Å²) >= 11 is 2.66. The smallest absolute Gasteiger partial charge is 0.341 e. The molecule has 0 bridgehead atoms. The van der Waals surface area contributed by atoms with Crippen LogP contribution >= 0.6 is 23.1 Å². The lowest BCUT2D eigenvalue weighted by Crippen LogP contribution is -2.25. The zero-order chi connectivity index (χ0) is 32.1. The van der Waals surface area contributed by atoms with Gasteiger partial charge in [0.15, 0.2) is 22.5 Å². The highest BCUT2D eigenvalue weighted by molar-refractivity contribution is 7.99. The first kappa shape index (κ1) is 32.0. The van der Waals surface area contributed by atoms with Crippen LogP contribution in [0.2, 0.25) is 0 Å². The number of fused-ring (bicyclic) bond motifs is 1. The number of carbonyl (C=O) groups excluding carboxylic acids is 3. The third-order valence-corrected chi connectivity index (χ3v) is 9.69. The summed E-state index contributed by atoms with van der Waals surface area (Å²) in [5.41, 5.74) is 4.79. The van der Waals surface area contributed by atoms with Gasteiger partial charge in [0.05, 0.1) is 44.4 Å². The summed E-state index contributed by atoms with van der Waals surface area (Å²) in [6.07, 6.45) is 2.68.